The van der Waals surface area contributed by atoms with E-state index in [4.69, 9.17) is 5.73 Å². The van der Waals surface area contributed by atoms with E-state index < -0.39 is 35.4 Å². The number of allylic oxidation sites excluding steroid dienone is 2. The summed E-state index contributed by atoms with van der Waals surface area (Å²) in [6, 6.07) is 5.27. The number of aromatic nitrogens is 1. The molecule has 1 aromatic heterocycles. The topological polar surface area (TPSA) is 121 Å². The molecule has 1 saturated carbocycles. The van der Waals surface area contributed by atoms with E-state index in [1.165, 1.54) is 18.3 Å². The number of rotatable bonds is 8. The third kappa shape index (κ3) is 6.95. The molecule has 1 amide bonds. The van der Waals surface area contributed by atoms with Crippen molar-refractivity contribution in [2.45, 2.75) is 52.1 Å². The molecule has 2 aliphatic rings. The number of pyridine rings is 1. The summed E-state index contributed by atoms with van der Waals surface area (Å²) in [5.41, 5.74) is 7.01. The van der Waals surface area contributed by atoms with Gasteiger partial charge in [-0.05, 0) is 67.4 Å². The number of amidine groups is 1. The van der Waals surface area contributed by atoms with Gasteiger partial charge in [-0.1, -0.05) is 32.9 Å². The lowest BCUT2D eigenvalue weighted by Crippen LogP contribution is -2.35. The highest BCUT2D eigenvalue weighted by atomic mass is 19.4. The average Bonchev–Trinajstić information content (AvgIpc) is 2.97. The Labute approximate surface area is 246 Å². The van der Waals surface area contributed by atoms with Crippen LogP contribution in [0, 0.1) is 23.6 Å². The van der Waals surface area contributed by atoms with Crippen molar-refractivity contribution in [1.29, 1.82) is 0 Å². The van der Waals surface area contributed by atoms with Crippen LogP contribution in [0.25, 0.3) is 5.57 Å². The molecular formula is C31H33F4N5O3. The first-order chi connectivity index (χ1) is 20.3. The van der Waals surface area contributed by atoms with Gasteiger partial charge in [0.2, 0.25) is 0 Å². The predicted molar refractivity (Wildman–Crippen MR) is 155 cm³/mol. The first kappa shape index (κ1) is 31.5. The van der Waals surface area contributed by atoms with Gasteiger partial charge in [-0.2, -0.15) is 13.2 Å². The lowest BCUT2D eigenvalue weighted by atomic mass is 9.79. The summed E-state index contributed by atoms with van der Waals surface area (Å²) in [4.78, 5) is 34.3. The lowest BCUT2D eigenvalue weighted by molar-refractivity contribution is -0.143. The molecule has 1 fully saturated rings. The van der Waals surface area contributed by atoms with Crippen LogP contribution in [0.4, 0.5) is 23.4 Å². The Kier molecular flexibility index (Phi) is 9.37. The smallest absolute Gasteiger partial charge is 0.416 e. The third-order valence-electron chi connectivity index (χ3n) is 7.93. The maximum Gasteiger partial charge on any atom is 0.416 e. The van der Waals surface area contributed by atoms with E-state index in [1.54, 1.807) is 11.1 Å². The van der Waals surface area contributed by atoms with Crippen molar-refractivity contribution in [3.63, 3.8) is 0 Å². The van der Waals surface area contributed by atoms with Gasteiger partial charge in [0.05, 0.1) is 17.2 Å². The Morgan fingerprint density at radius 3 is 2.58 bits per heavy atom. The van der Waals surface area contributed by atoms with E-state index >= 15 is 4.39 Å². The highest BCUT2D eigenvalue weighted by Gasteiger charge is 2.34. The molecule has 43 heavy (non-hydrogen) atoms. The largest absolute Gasteiger partial charge is 0.481 e. The normalized spacial score (nSPS) is 20.7. The molecule has 1 aliphatic heterocycles. The van der Waals surface area contributed by atoms with Crippen LogP contribution in [0.2, 0.25) is 0 Å². The number of aliphatic carboxylic acids is 1. The van der Waals surface area contributed by atoms with Gasteiger partial charge >= 0.3 is 12.1 Å². The maximum absolute atomic E-state index is 15.8. The van der Waals surface area contributed by atoms with Gasteiger partial charge in [0.25, 0.3) is 5.91 Å². The molecule has 1 aromatic carbocycles. The number of carbonyl (C=O) groups excluding carboxylic acids is 1. The molecule has 228 valence electrons. The minimum atomic E-state index is -4.62. The number of nitrogens with one attached hydrogen (secondary N) is 1. The molecule has 2 heterocycles. The SMILES string of the molecule is C=C(C1CCCC(C(=O)O)C1)N1C=CN=C(N)/C1=C(\c1ccc(C(=O)Nc2cc(C(F)(F)F)ccn2)cc1F)C(C)CC. The highest BCUT2D eigenvalue weighted by molar-refractivity contribution is 6.06. The monoisotopic (exact) mass is 599 g/mol. The number of hydrogen-bond donors (Lipinski definition) is 3. The van der Waals surface area contributed by atoms with Gasteiger partial charge in [-0.3, -0.25) is 9.59 Å². The van der Waals surface area contributed by atoms with Crippen molar-refractivity contribution in [1.82, 2.24) is 9.88 Å². The molecule has 3 unspecified atom stereocenters. The molecule has 0 spiro atoms. The zero-order chi connectivity index (χ0) is 31.5. The van der Waals surface area contributed by atoms with Crippen molar-refractivity contribution in [2.75, 3.05) is 5.32 Å². The molecule has 0 bridgehead atoms. The summed E-state index contributed by atoms with van der Waals surface area (Å²) in [5.74, 6) is -3.49. The molecule has 3 atom stereocenters. The van der Waals surface area contributed by atoms with Crippen molar-refractivity contribution in [2.24, 2.45) is 28.5 Å². The second-order valence-corrected chi connectivity index (χ2v) is 10.7. The van der Waals surface area contributed by atoms with Crippen molar-refractivity contribution < 1.29 is 32.3 Å². The molecule has 4 N–H and O–H groups in total. The number of nitrogens with two attached hydrogens (primary N) is 1. The zero-order valence-electron chi connectivity index (χ0n) is 23.8. The number of amides is 1. The lowest BCUT2D eigenvalue weighted by Gasteiger charge is -2.37. The molecule has 0 radical (unpaired) electrons. The Bertz CT molecular complexity index is 1510. The number of nitrogens with zero attached hydrogens (tertiary/aromatic N) is 3. The second-order valence-electron chi connectivity index (χ2n) is 10.7. The van der Waals surface area contributed by atoms with Gasteiger partial charge in [0.1, 0.15) is 17.5 Å². The number of anilines is 1. The van der Waals surface area contributed by atoms with Crippen LogP contribution in [0.1, 0.15) is 67.4 Å². The van der Waals surface area contributed by atoms with Crippen molar-refractivity contribution in [3.05, 3.63) is 89.4 Å². The molecule has 4 rings (SSSR count). The number of carboxylic acids is 1. The third-order valence-corrected chi connectivity index (χ3v) is 7.93. The Morgan fingerprint density at radius 1 is 1.21 bits per heavy atom. The van der Waals surface area contributed by atoms with Crippen LogP contribution in [-0.4, -0.2) is 32.7 Å². The van der Waals surface area contributed by atoms with Crippen molar-refractivity contribution >= 4 is 29.1 Å². The first-order valence-electron chi connectivity index (χ1n) is 13.9. The summed E-state index contributed by atoms with van der Waals surface area (Å²) >= 11 is 0. The van der Waals surface area contributed by atoms with Crippen LogP contribution >= 0.6 is 0 Å². The van der Waals surface area contributed by atoms with E-state index in [0.29, 0.717) is 42.3 Å². The van der Waals surface area contributed by atoms with Crippen LogP contribution in [0.15, 0.2) is 71.9 Å². The van der Waals surface area contributed by atoms with Crippen LogP contribution in [0.3, 0.4) is 0 Å². The van der Waals surface area contributed by atoms with E-state index in [2.05, 4.69) is 21.9 Å². The Balaban J connectivity index is 1.70. The molecule has 0 saturated heterocycles. The standard InChI is InChI=1S/C31H33F4N5O3/c1-4-17(2)26(27-28(36)38-12-13-40(27)18(3)19-6-5-7-21(14-19)30(42)43)23-9-8-20(15-24(23)32)29(41)39-25-16-22(10-11-37-25)31(33,34)35/h8-13,15-17,19,21H,3-7,14H2,1-2H3,(H2,36,38)(H,42,43)(H,37,39,41)/b27-26+. The Morgan fingerprint density at radius 2 is 1.93 bits per heavy atom. The molecular weight excluding hydrogens is 566 g/mol. The van der Waals surface area contributed by atoms with E-state index in [0.717, 1.165) is 31.2 Å². The maximum atomic E-state index is 15.8. The number of hydrogen-bond acceptors (Lipinski definition) is 6. The Hall–Kier alpha value is -4.48. The van der Waals surface area contributed by atoms with E-state index in [1.807, 2.05) is 13.8 Å². The van der Waals surface area contributed by atoms with Crippen LogP contribution in [-0.2, 0) is 11.0 Å². The van der Waals surface area contributed by atoms with Gasteiger partial charge in [-0.25, -0.2) is 14.4 Å². The fourth-order valence-corrected chi connectivity index (χ4v) is 5.43. The van der Waals surface area contributed by atoms with Crippen molar-refractivity contribution in [3.8, 4) is 0 Å². The predicted octanol–water partition coefficient (Wildman–Crippen LogP) is 6.80. The quantitative estimate of drug-likeness (QED) is 0.287. The number of carboxylic acid groups (broad SMARTS) is 1. The summed E-state index contributed by atoms with van der Waals surface area (Å²) < 4.78 is 55.0. The number of alkyl halides is 3. The highest BCUT2D eigenvalue weighted by Crippen LogP contribution is 2.40. The summed E-state index contributed by atoms with van der Waals surface area (Å²) in [5, 5.41) is 11.9. The molecule has 12 heteroatoms. The summed E-state index contributed by atoms with van der Waals surface area (Å²) in [7, 11) is 0. The summed E-state index contributed by atoms with van der Waals surface area (Å²) in [6.07, 6.45) is 2.56. The minimum absolute atomic E-state index is 0.123. The number of halogens is 4. The summed E-state index contributed by atoms with van der Waals surface area (Å²) in [6.45, 7) is 8.10. The molecule has 1 aliphatic carbocycles. The van der Waals surface area contributed by atoms with Crippen LogP contribution < -0.4 is 11.1 Å². The van der Waals surface area contributed by atoms with Gasteiger partial charge in [0.15, 0.2) is 0 Å². The van der Waals surface area contributed by atoms with Gasteiger partial charge < -0.3 is 21.1 Å². The fourth-order valence-electron chi connectivity index (χ4n) is 5.43. The first-order valence-corrected chi connectivity index (χ1v) is 13.9. The van der Waals surface area contributed by atoms with Crippen LogP contribution in [0.5, 0.6) is 0 Å². The van der Waals surface area contributed by atoms with Gasteiger partial charge in [0, 0.05) is 35.4 Å². The second kappa shape index (κ2) is 12.8. The average molecular weight is 600 g/mol. The number of aliphatic imine (C=N–C) groups is 1. The van der Waals surface area contributed by atoms with E-state index in [-0.39, 0.29) is 34.6 Å². The fraction of sp³-hybridized carbons (Fsp3) is 0.355. The van der Waals surface area contributed by atoms with Gasteiger partial charge in [-0.15, -0.1) is 0 Å². The van der Waals surface area contributed by atoms with E-state index in [9.17, 15) is 27.9 Å². The minimum Gasteiger partial charge on any atom is -0.481 e. The molecule has 8 nitrogen and oxygen atoms in total. The number of benzene rings is 1. The number of carbonyl (C=O) groups is 2. The molecule has 2 aromatic rings. The zero-order valence-corrected chi connectivity index (χ0v) is 23.8.